The quantitative estimate of drug-likeness (QED) is 0.513. The molecule has 1 aliphatic carbocycles. The molecule has 0 amide bonds. The van der Waals surface area contributed by atoms with Gasteiger partial charge in [0.05, 0.1) is 10.2 Å². The molecule has 134 valence electrons. The predicted molar refractivity (Wildman–Crippen MR) is 102 cm³/mol. The highest BCUT2D eigenvalue weighted by Gasteiger charge is 2.30. The second kappa shape index (κ2) is 5.68. The average Bonchev–Trinajstić information content (AvgIpc) is 3.26. The van der Waals surface area contributed by atoms with Gasteiger partial charge in [-0.15, -0.1) is 11.3 Å². The van der Waals surface area contributed by atoms with Crippen molar-refractivity contribution in [1.82, 2.24) is 15.0 Å². The molecule has 4 heterocycles. The molecule has 0 unspecified atom stereocenters. The predicted octanol–water partition coefficient (Wildman–Crippen LogP) is 4.99. The number of aromatic nitrogens is 3. The summed E-state index contributed by atoms with van der Waals surface area (Å²) in [6.07, 6.45) is -0.652. The molecular formula is C17H14F2N4OS2. The van der Waals surface area contributed by atoms with Crippen LogP contribution in [0.15, 0.2) is 10.9 Å². The van der Waals surface area contributed by atoms with E-state index in [0.717, 1.165) is 28.5 Å². The van der Waals surface area contributed by atoms with Gasteiger partial charge in [0.25, 0.3) is 12.0 Å². The number of nitrogens with zero attached hydrogens (tertiary/aromatic N) is 2. The molecule has 0 aliphatic heterocycles. The van der Waals surface area contributed by atoms with Crippen LogP contribution in [0, 0.1) is 0 Å². The van der Waals surface area contributed by atoms with Crippen LogP contribution in [-0.4, -0.2) is 21.5 Å². The number of rotatable bonds is 4. The number of hydrogen-bond donors (Lipinski definition) is 2. The maximum atomic E-state index is 13.3. The van der Waals surface area contributed by atoms with Gasteiger partial charge >= 0.3 is 0 Å². The maximum Gasteiger partial charge on any atom is 0.280 e. The van der Waals surface area contributed by atoms with Crippen LogP contribution in [0.4, 0.5) is 13.9 Å². The third-order valence-corrected chi connectivity index (χ3v) is 6.67. The second-order valence-electron chi connectivity index (χ2n) is 6.38. The first-order chi connectivity index (χ1) is 12.6. The third-order valence-electron chi connectivity index (χ3n) is 4.57. The number of hydrogen-bond acceptors (Lipinski definition) is 6. The number of anilines is 1. The van der Waals surface area contributed by atoms with Gasteiger partial charge in [0.2, 0.25) is 0 Å². The Kier molecular flexibility index (Phi) is 3.51. The zero-order valence-electron chi connectivity index (χ0n) is 13.7. The van der Waals surface area contributed by atoms with Crippen LogP contribution in [0.25, 0.3) is 30.6 Å². The molecule has 0 saturated heterocycles. The first kappa shape index (κ1) is 16.1. The fourth-order valence-electron chi connectivity index (χ4n) is 3.29. The van der Waals surface area contributed by atoms with Crippen LogP contribution in [0.5, 0.6) is 0 Å². The van der Waals surface area contributed by atoms with E-state index in [9.17, 15) is 13.6 Å². The Bertz CT molecular complexity index is 1220. The lowest BCUT2D eigenvalue weighted by atomic mass is 10.1. The number of thiazole rings is 1. The van der Waals surface area contributed by atoms with Crippen molar-refractivity contribution >= 4 is 58.5 Å². The van der Waals surface area contributed by atoms with E-state index in [2.05, 4.69) is 20.3 Å². The van der Waals surface area contributed by atoms with E-state index in [1.165, 1.54) is 28.7 Å². The molecule has 1 aliphatic rings. The minimum atomic E-state index is -2.61. The van der Waals surface area contributed by atoms with Gasteiger partial charge in [0.15, 0.2) is 5.13 Å². The fraction of sp³-hybridized carbons (Fsp3) is 0.353. The van der Waals surface area contributed by atoms with Crippen molar-refractivity contribution in [2.75, 3.05) is 11.9 Å². The van der Waals surface area contributed by atoms with E-state index < -0.39 is 6.43 Å². The molecule has 0 aromatic carbocycles. The van der Waals surface area contributed by atoms with E-state index in [-0.39, 0.29) is 17.2 Å². The fourth-order valence-corrected chi connectivity index (χ4v) is 5.45. The number of alkyl halides is 2. The molecule has 0 spiro atoms. The summed E-state index contributed by atoms with van der Waals surface area (Å²) in [6.45, 7) is 2.67. The lowest BCUT2D eigenvalue weighted by molar-refractivity contribution is 0.146. The zero-order chi connectivity index (χ0) is 18.0. The van der Waals surface area contributed by atoms with Gasteiger partial charge in [-0.1, -0.05) is 11.3 Å². The summed E-state index contributed by atoms with van der Waals surface area (Å²) in [6, 6.07) is 1.50. The molecule has 5 rings (SSSR count). The summed E-state index contributed by atoms with van der Waals surface area (Å²) >= 11 is 2.63. The first-order valence-electron chi connectivity index (χ1n) is 8.38. The number of aromatic amines is 1. The number of nitrogens with one attached hydrogen (secondary N) is 2. The zero-order valence-corrected chi connectivity index (χ0v) is 15.4. The van der Waals surface area contributed by atoms with Gasteiger partial charge in [0.1, 0.15) is 20.7 Å². The Hall–Kier alpha value is -2.13. The summed E-state index contributed by atoms with van der Waals surface area (Å²) in [7, 11) is 0. The van der Waals surface area contributed by atoms with Gasteiger partial charge in [-0.3, -0.25) is 4.79 Å². The van der Waals surface area contributed by atoms with Crippen LogP contribution in [0.1, 0.15) is 43.4 Å². The molecule has 4 aromatic heterocycles. The van der Waals surface area contributed by atoms with Crippen LogP contribution in [-0.2, 0) is 0 Å². The molecular weight excluding hydrogens is 378 g/mol. The van der Waals surface area contributed by atoms with Gasteiger partial charge in [0, 0.05) is 11.9 Å². The summed E-state index contributed by atoms with van der Waals surface area (Å²) in [4.78, 5) is 24.8. The molecule has 9 heteroatoms. The molecule has 5 nitrogen and oxygen atoms in total. The molecule has 4 aromatic rings. The van der Waals surface area contributed by atoms with Crippen LogP contribution in [0.3, 0.4) is 0 Å². The Balaban J connectivity index is 1.90. The third kappa shape index (κ3) is 2.34. The topological polar surface area (TPSA) is 70.7 Å². The van der Waals surface area contributed by atoms with Crippen molar-refractivity contribution in [2.24, 2.45) is 0 Å². The van der Waals surface area contributed by atoms with Gasteiger partial charge < -0.3 is 10.3 Å². The number of halogens is 2. The van der Waals surface area contributed by atoms with Crippen LogP contribution in [0.2, 0.25) is 0 Å². The monoisotopic (exact) mass is 392 g/mol. The molecule has 0 bridgehead atoms. The number of pyridine rings is 2. The minimum Gasteiger partial charge on any atom is -0.362 e. The van der Waals surface area contributed by atoms with E-state index in [1.807, 2.05) is 6.92 Å². The summed E-state index contributed by atoms with van der Waals surface area (Å²) in [5, 5.41) is 4.61. The van der Waals surface area contributed by atoms with Gasteiger partial charge in [-0.2, -0.15) is 0 Å². The number of H-pyrrole nitrogens is 1. The van der Waals surface area contributed by atoms with E-state index >= 15 is 0 Å². The van der Waals surface area contributed by atoms with Crippen LogP contribution >= 0.6 is 22.7 Å². The Morgan fingerprint density at radius 3 is 2.81 bits per heavy atom. The van der Waals surface area contributed by atoms with E-state index in [1.54, 1.807) is 0 Å². The molecule has 1 fully saturated rings. The van der Waals surface area contributed by atoms with Crippen molar-refractivity contribution in [2.45, 2.75) is 32.1 Å². The number of fused-ring (bicyclic) bond motifs is 5. The summed E-state index contributed by atoms with van der Waals surface area (Å²) in [5.74, 6) is 0.266. The first-order valence-corrected chi connectivity index (χ1v) is 10.0. The van der Waals surface area contributed by atoms with Crippen molar-refractivity contribution in [3.63, 3.8) is 0 Å². The highest BCUT2D eigenvalue weighted by atomic mass is 32.1. The number of thiophene rings is 1. The lowest BCUT2D eigenvalue weighted by Crippen LogP contribution is -2.04. The summed E-state index contributed by atoms with van der Waals surface area (Å²) < 4.78 is 27.9. The van der Waals surface area contributed by atoms with Crippen molar-refractivity contribution in [1.29, 1.82) is 0 Å². The normalized spacial score (nSPS) is 14.9. The summed E-state index contributed by atoms with van der Waals surface area (Å²) in [5.41, 5.74) is 1.76. The molecule has 0 atom stereocenters. The molecule has 0 radical (unpaired) electrons. The average molecular weight is 392 g/mol. The SMILES string of the molecule is CCNc1nc2c(s1)c(=O)[nH]c1c2sc2nc(C(F)F)cc(C3CC3)c21. The minimum absolute atomic E-state index is 0.198. The Morgan fingerprint density at radius 2 is 2.12 bits per heavy atom. The Labute approximate surface area is 154 Å². The lowest BCUT2D eigenvalue weighted by Gasteiger charge is -2.05. The van der Waals surface area contributed by atoms with Crippen molar-refractivity contribution < 1.29 is 8.78 Å². The molecule has 26 heavy (non-hydrogen) atoms. The largest absolute Gasteiger partial charge is 0.362 e. The second-order valence-corrected chi connectivity index (χ2v) is 8.38. The highest BCUT2D eigenvalue weighted by Crippen LogP contribution is 2.48. The van der Waals surface area contributed by atoms with Gasteiger partial charge in [-0.25, -0.2) is 18.7 Å². The molecule has 2 N–H and O–H groups in total. The van der Waals surface area contributed by atoms with Crippen molar-refractivity contribution in [3.05, 3.63) is 27.7 Å². The molecule has 1 saturated carbocycles. The van der Waals surface area contributed by atoms with Crippen LogP contribution < -0.4 is 10.9 Å². The van der Waals surface area contributed by atoms with Crippen molar-refractivity contribution in [3.8, 4) is 0 Å². The highest BCUT2D eigenvalue weighted by molar-refractivity contribution is 7.27. The maximum absolute atomic E-state index is 13.3. The standard InChI is InChI=1S/C17H14F2N4OS2/c1-2-20-17-23-11-12-10(22-15(24)13(11)26-17)9-7(6-3-4-6)5-8(14(18)19)21-16(9)25-12/h5-6,14H,2-4H2,1H3,(H,20,23)(H,22,24). The van der Waals surface area contributed by atoms with E-state index in [0.29, 0.717) is 32.2 Å². The Morgan fingerprint density at radius 1 is 1.31 bits per heavy atom. The smallest absolute Gasteiger partial charge is 0.280 e. The van der Waals surface area contributed by atoms with E-state index in [4.69, 9.17) is 0 Å². The van der Waals surface area contributed by atoms with Gasteiger partial charge in [-0.05, 0) is 37.3 Å².